The molecule has 0 aliphatic carbocycles. The van der Waals surface area contributed by atoms with E-state index >= 15 is 0 Å². The fourth-order valence-corrected chi connectivity index (χ4v) is 5.15. The lowest BCUT2D eigenvalue weighted by atomic mass is 10.0. The lowest BCUT2D eigenvalue weighted by Gasteiger charge is -2.20. The van der Waals surface area contributed by atoms with Crippen molar-refractivity contribution in [1.82, 2.24) is 4.98 Å². The van der Waals surface area contributed by atoms with E-state index in [4.69, 9.17) is 4.98 Å². The SMILES string of the molecule is CCc1cccc2sc(N(Cc3ccccc3)C(=O)c3ccc(Cc4ccccc4)cc3)nc12. The predicted molar refractivity (Wildman–Crippen MR) is 142 cm³/mol. The van der Waals surface area contributed by atoms with Gasteiger partial charge in [-0.1, -0.05) is 103 Å². The lowest BCUT2D eigenvalue weighted by molar-refractivity contribution is 0.0985. The molecule has 1 aromatic heterocycles. The lowest BCUT2D eigenvalue weighted by Crippen LogP contribution is -2.30. The third-order valence-electron chi connectivity index (χ3n) is 5.98. The van der Waals surface area contributed by atoms with Crippen LogP contribution in [0.25, 0.3) is 10.2 Å². The molecule has 4 heteroatoms. The molecule has 5 rings (SSSR count). The van der Waals surface area contributed by atoms with Crippen LogP contribution in [0, 0.1) is 0 Å². The fraction of sp³-hybridized carbons (Fsp3) is 0.133. The second-order valence-electron chi connectivity index (χ2n) is 8.35. The van der Waals surface area contributed by atoms with Gasteiger partial charge in [0, 0.05) is 5.56 Å². The van der Waals surface area contributed by atoms with Crippen molar-refractivity contribution < 1.29 is 4.79 Å². The highest BCUT2D eigenvalue weighted by Crippen LogP contribution is 2.33. The standard InChI is InChI=1S/C30H26N2OS/c1-2-25-14-9-15-27-28(25)31-30(34-27)32(21-24-12-7-4-8-13-24)29(33)26-18-16-23(17-19-26)20-22-10-5-3-6-11-22/h3-19H,2,20-21H2,1H3. The zero-order valence-electron chi connectivity index (χ0n) is 19.1. The number of aromatic nitrogens is 1. The molecule has 4 aromatic carbocycles. The van der Waals surface area contributed by atoms with Crippen molar-refractivity contribution in [2.24, 2.45) is 0 Å². The number of benzene rings is 4. The van der Waals surface area contributed by atoms with Crippen molar-refractivity contribution in [3.63, 3.8) is 0 Å². The molecule has 0 saturated carbocycles. The van der Waals surface area contributed by atoms with Gasteiger partial charge in [0.05, 0.1) is 16.8 Å². The quantitative estimate of drug-likeness (QED) is 0.254. The van der Waals surface area contributed by atoms with Gasteiger partial charge in [0.25, 0.3) is 5.91 Å². The highest BCUT2D eigenvalue weighted by atomic mass is 32.1. The van der Waals surface area contributed by atoms with Gasteiger partial charge in [-0.25, -0.2) is 4.98 Å². The second-order valence-corrected chi connectivity index (χ2v) is 9.36. The summed E-state index contributed by atoms with van der Waals surface area (Å²) in [5.41, 5.74) is 6.39. The number of rotatable bonds is 7. The van der Waals surface area contributed by atoms with E-state index in [1.54, 1.807) is 11.3 Å². The predicted octanol–water partition coefficient (Wildman–Crippen LogP) is 7.30. The fourth-order valence-electron chi connectivity index (χ4n) is 4.14. The van der Waals surface area contributed by atoms with Crippen LogP contribution in [-0.4, -0.2) is 10.9 Å². The zero-order chi connectivity index (χ0) is 23.3. The highest BCUT2D eigenvalue weighted by molar-refractivity contribution is 7.22. The Morgan fingerprint density at radius 2 is 1.41 bits per heavy atom. The number of amides is 1. The van der Waals surface area contributed by atoms with Crippen molar-refractivity contribution in [2.45, 2.75) is 26.3 Å². The minimum absolute atomic E-state index is 0.0350. The Labute approximate surface area is 204 Å². The minimum atomic E-state index is -0.0350. The Hall–Kier alpha value is -3.76. The maximum Gasteiger partial charge on any atom is 0.260 e. The first-order valence-corrected chi connectivity index (χ1v) is 12.4. The van der Waals surface area contributed by atoms with Crippen molar-refractivity contribution in [3.8, 4) is 0 Å². The van der Waals surface area contributed by atoms with E-state index in [9.17, 15) is 4.79 Å². The highest BCUT2D eigenvalue weighted by Gasteiger charge is 2.22. The number of aryl methyl sites for hydroxylation is 1. The number of hydrogen-bond acceptors (Lipinski definition) is 3. The van der Waals surface area contributed by atoms with E-state index in [0.29, 0.717) is 12.1 Å². The number of carbonyl (C=O) groups is 1. The number of carbonyl (C=O) groups excluding carboxylic acids is 1. The van der Waals surface area contributed by atoms with E-state index in [2.05, 4.69) is 61.5 Å². The van der Waals surface area contributed by atoms with Crippen molar-refractivity contribution in [2.75, 3.05) is 4.90 Å². The van der Waals surface area contributed by atoms with Gasteiger partial charge in [-0.05, 0) is 53.3 Å². The summed E-state index contributed by atoms with van der Waals surface area (Å²) in [6, 6.07) is 34.7. The monoisotopic (exact) mass is 462 g/mol. The number of thiazole rings is 1. The molecular formula is C30H26N2OS. The molecule has 0 fully saturated rings. The van der Waals surface area contributed by atoms with E-state index in [1.165, 1.54) is 16.7 Å². The maximum absolute atomic E-state index is 13.7. The summed E-state index contributed by atoms with van der Waals surface area (Å²) in [5, 5.41) is 0.734. The number of fused-ring (bicyclic) bond motifs is 1. The average molecular weight is 463 g/mol. The van der Waals surface area contributed by atoms with E-state index in [-0.39, 0.29) is 5.91 Å². The van der Waals surface area contributed by atoms with Crippen LogP contribution in [0.3, 0.4) is 0 Å². The molecule has 0 bridgehead atoms. The molecule has 0 atom stereocenters. The van der Waals surface area contributed by atoms with Gasteiger partial charge >= 0.3 is 0 Å². The largest absolute Gasteiger partial charge is 0.279 e. The van der Waals surface area contributed by atoms with Crippen LogP contribution in [0.4, 0.5) is 5.13 Å². The molecular weight excluding hydrogens is 436 g/mol. The van der Waals surface area contributed by atoms with E-state index in [1.807, 2.05) is 53.4 Å². The molecule has 34 heavy (non-hydrogen) atoms. The van der Waals surface area contributed by atoms with Gasteiger partial charge in [0.15, 0.2) is 5.13 Å². The molecule has 0 radical (unpaired) electrons. The molecule has 168 valence electrons. The van der Waals surface area contributed by atoms with Gasteiger partial charge in [-0.3, -0.25) is 9.69 Å². The molecule has 1 amide bonds. The third kappa shape index (κ3) is 4.78. The van der Waals surface area contributed by atoms with Gasteiger partial charge in [0.1, 0.15) is 0 Å². The summed E-state index contributed by atoms with van der Waals surface area (Å²) in [6.07, 6.45) is 1.76. The van der Waals surface area contributed by atoms with Gasteiger partial charge in [-0.15, -0.1) is 0 Å². The van der Waals surface area contributed by atoms with Crippen molar-refractivity contribution >= 4 is 32.6 Å². The molecule has 0 aliphatic rings. The van der Waals surface area contributed by atoms with Gasteiger partial charge in [0.2, 0.25) is 0 Å². The Kier molecular flexibility index (Phi) is 6.50. The van der Waals surface area contributed by atoms with Crippen LogP contribution in [0.1, 0.15) is 39.5 Å². The first-order chi connectivity index (χ1) is 16.7. The Balaban J connectivity index is 1.47. The summed E-state index contributed by atoms with van der Waals surface area (Å²) in [4.78, 5) is 20.5. The first-order valence-electron chi connectivity index (χ1n) is 11.6. The Morgan fingerprint density at radius 3 is 2.09 bits per heavy atom. The van der Waals surface area contributed by atoms with E-state index in [0.717, 1.165) is 33.8 Å². The zero-order valence-corrected chi connectivity index (χ0v) is 20.0. The number of anilines is 1. The maximum atomic E-state index is 13.7. The molecule has 5 aromatic rings. The summed E-state index contributed by atoms with van der Waals surface area (Å²) in [7, 11) is 0. The number of nitrogens with zero attached hydrogens (tertiary/aromatic N) is 2. The molecule has 1 heterocycles. The Morgan fingerprint density at radius 1 is 0.765 bits per heavy atom. The van der Waals surface area contributed by atoms with Crippen LogP contribution in [0.2, 0.25) is 0 Å². The third-order valence-corrected chi connectivity index (χ3v) is 7.03. The second kappa shape index (κ2) is 10.0. The molecule has 0 saturated heterocycles. The summed E-state index contributed by atoms with van der Waals surface area (Å²) in [5.74, 6) is -0.0350. The van der Waals surface area contributed by atoms with Crippen LogP contribution < -0.4 is 4.90 Å². The first kappa shape index (κ1) is 22.1. The van der Waals surface area contributed by atoms with Crippen molar-refractivity contribution in [3.05, 3.63) is 131 Å². The topological polar surface area (TPSA) is 33.2 Å². The van der Waals surface area contributed by atoms with Crippen molar-refractivity contribution in [1.29, 1.82) is 0 Å². The van der Waals surface area contributed by atoms with Crippen LogP contribution in [-0.2, 0) is 19.4 Å². The molecule has 0 unspecified atom stereocenters. The number of hydrogen-bond donors (Lipinski definition) is 0. The molecule has 0 spiro atoms. The van der Waals surface area contributed by atoms with Crippen LogP contribution in [0.5, 0.6) is 0 Å². The molecule has 0 aliphatic heterocycles. The smallest absolute Gasteiger partial charge is 0.260 e. The Bertz CT molecular complexity index is 1390. The minimum Gasteiger partial charge on any atom is -0.279 e. The van der Waals surface area contributed by atoms with Gasteiger partial charge < -0.3 is 0 Å². The summed E-state index contributed by atoms with van der Waals surface area (Å²) in [6.45, 7) is 2.62. The van der Waals surface area contributed by atoms with E-state index < -0.39 is 0 Å². The molecule has 0 N–H and O–H groups in total. The molecule has 3 nitrogen and oxygen atoms in total. The number of para-hydroxylation sites is 1. The summed E-state index contributed by atoms with van der Waals surface area (Å²) >= 11 is 1.58. The van der Waals surface area contributed by atoms with Crippen LogP contribution >= 0.6 is 11.3 Å². The normalized spacial score (nSPS) is 11.0. The average Bonchev–Trinajstić information content (AvgIpc) is 3.33. The summed E-state index contributed by atoms with van der Waals surface area (Å²) < 4.78 is 1.11. The van der Waals surface area contributed by atoms with Gasteiger partial charge in [-0.2, -0.15) is 0 Å². The van der Waals surface area contributed by atoms with Crippen LogP contribution in [0.15, 0.2) is 103 Å².